The Balaban J connectivity index is 0.00000618. The van der Waals surface area contributed by atoms with Gasteiger partial charge >= 0.3 is 0 Å². The predicted octanol–water partition coefficient (Wildman–Crippen LogP) is 18.7. The average Bonchev–Trinajstić information content (AvgIpc) is 4.36. The molecule has 3 aromatic heterocycles. The van der Waals surface area contributed by atoms with E-state index in [-0.39, 0.29) is 32.0 Å². The molecule has 4 heterocycles. The first-order valence-electron chi connectivity index (χ1n) is 27.5. The number of nitrogens with zero attached hydrogens (tertiary/aromatic N) is 5. The fourth-order valence-corrected chi connectivity index (χ4v) is 11.2. The van der Waals surface area contributed by atoms with Crippen LogP contribution < -0.4 is 14.5 Å². The summed E-state index contributed by atoms with van der Waals surface area (Å²) in [4.78, 5) is 9.58. The molecule has 10 aromatic carbocycles. The van der Waals surface area contributed by atoms with Crippen molar-refractivity contribution in [2.45, 2.75) is 33.0 Å². The van der Waals surface area contributed by atoms with Gasteiger partial charge in [-0.05, 0) is 106 Å². The van der Waals surface area contributed by atoms with Crippen LogP contribution in [-0.4, -0.2) is 14.1 Å². The van der Waals surface area contributed by atoms with Gasteiger partial charge in [0.25, 0.3) is 0 Å². The minimum Gasteiger partial charge on any atom is -0.509 e. The number of hydrogen-bond donors (Lipinski definition) is 0. The first-order chi connectivity index (χ1) is 38.9. The third-order valence-electron chi connectivity index (χ3n) is 14.9. The molecule has 14 rings (SSSR count). The minimum atomic E-state index is -2.49. The molecular weight excluding hydrogens is 1130 g/mol. The molecule has 380 valence electrons. The van der Waals surface area contributed by atoms with E-state index in [2.05, 4.69) is 206 Å². The van der Waals surface area contributed by atoms with Crippen molar-refractivity contribution in [2.24, 2.45) is 0 Å². The van der Waals surface area contributed by atoms with E-state index >= 15 is 0 Å². The van der Waals surface area contributed by atoms with E-state index < -0.39 is 6.85 Å². The zero-order valence-corrected chi connectivity index (χ0v) is 45.3. The number of fused-ring (bicyclic) bond motifs is 7. The summed E-state index contributed by atoms with van der Waals surface area (Å²) in [7, 11) is 0. The number of benzene rings is 10. The van der Waals surface area contributed by atoms with E-state index in [4.69, 9.17) is 13.8 Å². The second kappa shape index (κ2) is 19.6. The summed E-state index contributed by atoms with van der Waals surface area (Å²) in [5, 5.41) is 4.18. The molecule has 0 aliphatic carbocycles. The molecule has 0 bridgehead atoms. The van der Waals surface area contributed by atoms with Crippen LogP contribution in [0.3, 0.4) is 0 Å². The number of aromatic nitrogens is 3. The Labute approximate surface area is 473 Å². The van der Waals surface area contributed by atoms with Crippen molar-refractivity contribution in [3.8, 4) is 56.4 Å². The maximum absolute atomic E-state index is 9.01. The third kappa shape index (κ3) is 8.45. The number of ether oxygens (including phenoxy) is 1. The molecule has 0 N–H and O–H groups in total. The maximum Gasteiger partial charge on any atom is 0.135 e. The van der Waals surface area contributed by atoms with Gasteiger partial charge in [0.1, 0.15) is 5.82 Å². The number of para-hydroxylation sites is 3. The van der Waals surface area contributed by atoms with Crippen LogP contribution in [0.2, 0.25) is 0 Å². The van der Waals surface area contributed by atoms with E-state index in [1.54, 1.807) is 12.3 Å². The zero-order valence-electron chi connectivity index (χ0n) is 46.1. The Morgan fingerprint density at radius 1 is 0.487 bits per heavy atom. The van der Waals surface area contributed by atoms with E-state index in [1.807, 2.05) is 77.4 Å². The number of aryl methyl sites for hydroxylation is 1. The van der Waals surface area contributed by atoms with Crippen molar-refractivity contribution < 1.29 is 29.9 Å². The molecule has 0 spiro atoms. The van der Waals surface area contributed by atoms with Gasteiger partial charge in [0, 0.05) is 93.0 Å². The van der Waals surface area contributed by atoms with Gasteiger partial charge < -0.3 is 23.7 Å². The van der Waals surface area contributed by atoms with Crippen LogP contribution in [0.1, 0.15) is 36.0 Å². The Morgan fingerprint density at radius 2 is 1.15 bits per heavy atom. The molecule has 0 unspecified atom stereocenters. The quantitative estimate of drug-likeness (QED) is 0.135. The summed E-state index contributed by atoms with van der Waals surface area (Å²) in [5.41, 5.74) is 15.6. The summed E-state index contributed by atoms with van der Waals surface area (Å²) >= 11 is 0. The molecule has 0 fully saturated rings. The Hall–Kier alpha value is -8.96. The second-order valence-corrected chi connectivity index (χ2v) is 20.7. The van der Waals surface area contributed by atoms with Crippen LogP contribution in [0.25, 0.3) is 88.5 Å². The molecule has 0 radical (unpaired) electrons. The van der Waals surface area contributed by atoms with Gasteiger partial charge in [0.15, 0.2) is 0 Å². The topological polar surface area (TPSA) is 38.5 Å². The summed E-state index contributed by atoms with van der Waals surface area (Å²) in [5.74, 6) is 1.42. The van der Waals surface area contributed by atoms with Crippen LogP contribution in [0.5, 0.6) is 11.5 Å². The molecule has 7 heteroatoms. The van der Waals surface area contributed by atoms with E-state index in [0.717, 1.165) is 94.3 Å². The number of anilines is 4. The van der Waals surface area contributed by atoms with Gasteiger partial charge in [0.05, 0.1) is 11.0 Å². The van der Waals surface area contributed by atoms with Crippen molar-refractivity contribution in [1.82, 2.24) is 14.1 Å². The van der Waals surface area contributed by atoms with E-state index in [9.17, 15) is 0 Å². The fraction of sp³-hybridized carbons (Fsp3) is 0.0704. The summed E-state index contributed by atoms with van der Waals surface area (Å²) in [6.45, 7) is 6.38. The van der Waals surface area contributed by atoms with Gasteiger partial charge in [-0.1, -0.05) is 172 Å². The van der Waals surface area contributed by atoms with Gasteiger partial charge in [0.2, 0.25) is 0 Å². The number of hydrogen-bond acceptors (Lipinski definition) is 4. The molecule has 13 aromatic rings. The van der Waals surface area contributed by atoms with Gasteiger partial charge in [-0.3, -0.25) is 0 Å². The largest absolute Gasteiger partial charge is 0.509 e. The van der Waals surface area contributed by atoms with Crippen LogP contribution >= 0.6 is 0 Å². The maximum atomic E-state index is 9.01. The van der Waals surface area contributed by atoms with Crippen molar-refractivity contribution in [1.29, 1.82) is 0 Å². The first-order valence-corrected chi connectivity index (χ1v) is 26.0. The number of pyridine rings is 1. The fourth-order valence-electron chi connectivity index (χ4n) is 11.2. The third-order valence-corrected chi connectivity index (χ3v) is 14.9. The SMILES string of the molecule is [2H]C([2H])([2H])c1cc(-n2c3[c-]c(Oc4[c-]c(N5[CH-]N(c6cccc(C(C)(C)C)c6)c6c(-c7ccccc7)cccc65)ccc4)ccc3c3cc(-c4ccccc4)ccc32)ncc1-c1cccc(-n2c3ccccc3c3ccccc32)c1.[Pt]. The van der Waals surface area contributed by atoms with Crippen LogP contribution in [-0.2, 0) is 26.5 Å². The molecule has 0 saturated heterocycles. The summed E-state index contributed by atoms with van der Waals surface area (Å²) < 4.78 is 38.0. The molecule has 0 atom stereocenters. The van der Waals surface area contributed by atoms with E-state index in [1.165, 1.54) is 5.56 Å². The predicted molar refractivity (Wildman–Crippen MR) is 318 cm³/mol. The first kappa shape index (κ1) is 45.3. The van der Waals surface area contributed by atoms with Crippen LogP contribution in [0, 0.1) is 25.7 Å². The summed E-state index contributed by atoms with van der Waals surface area (Å²) in [6, 6.07) is 86.1. The molecule has 0 amide bonds. The molecule has 1 aliphatic heterocycles. The molecule has 6 nitrogen and oxygen atoms in total. The van der Waals surface area contributed by atoms with Gasteiger partial charge in [-0.2, -0.15) is 12.1 Å². The Bertz CT molecular complexity index is 4490. The summed E-state index contributed by atoms with van der Waals surface area (Å²) in [6.07, 6.45) is 1.71. The van der Waals surface area contributed by atoms with Crippen molar-refractivity contribution in [3.05, 3.63) is 267 Å². The average molecular weight is 1190 g/mol. The number of rotatable bonds is 9. The van der Waals surface area contributed by atoms with E-state index in [0.29, 0.717) is 28.4 Å². The second-order valence-electron chi connectivity index (χ2n) is 20.7. The molecular formula is C71H52N5OPt-3. The standard InChI is InChI=1S/C71H52N5O.Pt/c1-47-39-69(72-45-63(47)51-23-15-27-55(40-51)75-64-32-13-11-29-59(64)60-30-12-14-33-65(60)75)76-66-38-35-50(48-19-7-5-8-20-48)41-62(66)61-37-36-57(44-68(61)76)77-56-28-17-26-54(43-56)73-46-74(53-25-16-24-52(42-53)71(2,3)4)70-58(31-18-34-67(70)73)49-21-9-6-10-22-49;/h5-42,45-46H,1-4H3;/q-3;/i1D3;. The van der Waals surface area contributed by atoms with Crippen LogP contribution in [0.4, 0.5) is 22.7 Å². The molecule has 1 aliphatic rings. The van der Waals surface area contributed by atoms with Crippen LogP contribution in [0.15, 0.2) is 237 Å². The normalized spacial score (nSPS) is 13.1. The molecule has 0 saturated carbocycles. The molecule has 78 heavy (non-hydrogen) atoms. The Kier molecular flexibility index (Phi) is 11.3. The monoisotopic (exact) mass is 1190 g/mol. The van der Waals surface area contributed by atoms with Crippen molar-refractivity contribution in [3.63, 3.8) is 0 Å². The zero-order chi connectivity index (χ0) is 54.3. The van der Waals surface area contributed by atoms with Crippen molar-refractivity contribution >= 4 is 66.4 Å². The Morgan fingerprint density at radius 3 is 1.92 bits per heavy atom. The van der Waals surface area contributed by atoms with Gasteiger partial charge in [-0.25, -0.2) is 4.98 Å². The van der Waals surface area contributed by atoms with Crippen molar-refractivity contribution in [2.75, 3.05) is 9.80 Å². The minimum absolute atomic E-state index is 0. The van der Waals surface area contributed by atoms with Gasteiger partial charge in [-0.15, -0.1) is 48.1 Å². The smallest absolute Gasteiger partial charge is 0.135 e.